The number of ether oxygens (including phenoxy) is 2. The first-order chi connectivity index (χ1) is 19.3. The van der Waals surface area contributed by atoms with Crippen LogP contribution >= 0.6 is 11.6 Å². The van der Waals surface area contributed by atoms with Crippen molar-refractivity contribution in [3.63, 3.8) is 0 Å². The topological polar surface area (TPSA) is 135 Å². The van der Waals surface area contributed by atoms with E-state index >= 15 is 0 Å². The highest BCUT2D eigenvalue weighted by Crippen LogP contribution is 2.33. The number of aromatic nitrogens is 8. The van der Waals surface area contributed by atoms with Gasteiger partial charge < -0.3 is 14.8 Å². The summed E-state index contributed by atoms with van der Waals surface area (Å²) in [5.41, 5.74) is 1.84. The van der Waals surface area contributed by atoms with Crippen molar-refractivity contribution in [2.45, 2.75) is 57.7 Å². The molecule has 1 saturated carbocycles. The minimum Gasteiger partial charge on any atom is -0.487 e. The average molecular weight is 574 g/mol. The second-order valence-corrected chi connectivity index (χ2v) is 9.73. The van der Waals surface area contributed by atoms with Crippen LogP contribution in [0.3, 0.4) is 0 Å². The van der Waals surface area contributed by atoms with Crippen molar-refractivity contribution >= 4 is 29.0 Å². The summed E-state index contributed by atoms with van der Waals surface area (Å²) in [5, 5.41) is 18.9. The van der Waals surface area contributed by atoms with Crippen LogP contribution in [0.1, 0.15) is 38.6 Å². The van der Waals surface area contributed by atoms with Crippen LogP contribution < -0.4 is 14.8 Å². The summed E-state index contributed by atoms with van der Waals surface area (Å²) >= 11 is 6.35. The van der Waals surface area contributed by atoms with Crippen LogP contribution in [-0.2, 0) is 11.3 Å². The quantitative estimate of drug-likeness (QED) is 0.273. The van der Waals surface area contributed by atoms with E-state index in [0.717, 1.165) is 5.56 Å². The first kappa shape index (κ1) is 27.4. The second kappa shape index (κ2) is 12.3. The van der Waals surface area contributed by atoms with Crippen molar-refractivity contribution in [1.29, 1.82) is 0 Å². The van der Waals surface area contributed by atoms with Gasteiger partial charge in [-0.15, -0.1) is 10.2 Å². The Labute approximate surface area is 232 Å². The van der Waals surface area contributed by atoms with Gasteiger partial charge in [-0.05, 0) is 47.9 Å². The molecule has 0 amide bonds. The van der Waals surface area contributed by atoms with Gasteiger partial charge in [0.25, 0.3) is 12.3 Å². The largest absolute Gasteiger partial charge is 0.487 e. The first-order valence-corrected chi connectivity index (χ1v) is 13.0. The van der Waals surface area contributed by atoms with E-state index in [4.69, 9.17) is 21.1 Å². The fourth-order valence-electron chi connectivity index (χ4n) is 4.30. The highest BCUT2D eigenvalue weighted by Gasteiger charge is 2.24. The van der Waals surface area contributed by atoms with Gasteiger partial charge in [-0.3, -0.25) is 9.48 Å². The van der Waals surface area contributed by atoms with Crippen molar-refractivity contribution < 1.29 is 23.0 Å². The fourth-order valence-corrected chi connectivity index (χ4v) is 4.46. The molecule has 1 aromatic carbocycles. The predicted octanol–water partition coefficient (Wildman–Crippen LogP) is 4.52. The van der Waals surface area contributed by atoms with Crippen LogP contribution in [-0.4, -0.2) is 64.9 Å². The van der Waals surface area contributed by atoms with Crippen LogP contribution in [0.2, 0.25) is 5.02 Å². The van der Waals surface area contributed by atoms with E-state index in [1.54, 1.807) is 40.1 Å². The number of benzene rings is 1. The number of carbonyl (C=O) groups is 1. The van der Waals surface area contributed by atoms with Gasteiger partial charge in [0.1, 0.15) is 29.7 Å². The van der Waals surface area contributed by atoms with Crippen LogP contribution in [0, 0.1) is 0 Å². The molecular formula is C25H26ClF2N9O3. The van der Waals surface area contributed by atoms with Gasteiger partial charge in [-0.1, -0.05) is 17.7 Å². The van der Waals surface area contributed by atoms with E-state index in [-0.39, 0.29) is 29.8 Å². The number of anilines is 2. The monoisotopic (exact) mass is 573 g/mol. The number of nitrogens with one attached hydrogen (secondary N) is 1. The molecular weight excluding hydrogens is 548 g/mol. The lowest BCUT2D eigenvalue weighted by Gasteiger charge is -2.20. The van der Waals surface area contributed by atoms with Gasteiger partial charge in [0.15, 0.2) is 6.61 Å². The standard InChI is InChI=1S/C25H26ClF2N9O3/c1-15(11-36-14-31-34-35-36)40-22-8-16(2-7-20(22)26)17-9-29-25(30-10-17)32-21-12-37(18-3-5-19(38)6-4-18)33-24(21)39-13-23(27)28/h2,7-10,12,14-15,18,23H,3-6,11,13H2,1H3,(H,29,30,32). The summed E-state index contributed by atoms with van der Waals surface area (Å²) < 4.78 is 40.1. The molecule has 1 atom stereocenters. The third-order valence-electron chi connectivity index (χ3n) is 6.26. The van der Waals surface area contributed by atoms with Crippen molar-refractivity contribution in [2.24, 2.45) is 0 Å². The summed E-state index contributed by atoms with van der Waals surface area (Å²) in [5.74, 6) is 0.937. The van der Waals surface area contributed by atoms with Gasteiger partial charge in [0.2, 0.25) is 5.95 Å². The number of hydrogen-bond acceptors (Lipinski definition) is 10. The fraction of sp³-hybridized carbons (Fsp3) is 0.400. The number of ketones is 1. The van der Waals surface area contributed by atoms with Crippen LogP contribution in [0.15, 0.2) is 43.1 Å². The van der Waals surface area contributed by atoms with E-state index < -0.39 is 13.0 Å². The summed E-state index contributed by atoms with van der Waals surface area (Å²) in [6.07, 6.45) is 5.66. The zero-order valence-electron chi connectivity index (χ0n) is 21.5. The summed E-state index contributed by atoms with van der Waals surface area (Å²) in [4.78, 5) is 20.4. The van der Waals surface area contributed by atoms with E-state index in [9.17, 15) is 13.6 Å². The summed E-state index contributed by atoms with van der Waals surface area (Å²) in [7, 11) is 0. The van der Waals surface area contributed by atoms with Crippen LogP contribution in [0.5, 0.6) is 11.6 Å². The Morgan fingerprint density at radius 3 is 2.65 bits per heavy atom. The molecule has 3 heterocycles. The minimum absolute atomic E-state index is 0.0140. The maximum absolute atomic E-state index is 12.8. The molecule has 0 saturated heterocycles. The Morgan fingerprint density at radius 1 is 1.18 bits per heavy atom. The van der Waals surface area contributed by atoms with Gasteiger partial charge >= 0.3 is 0 Å². The highest BCUT2D eigenvalue weighted by atomic mass is 35.5. The first-order valence-electron chi connectivity index (χ1n) is 12.6. The molecule has 1 N–H and O–H groups in total. The molecule has 12 nitrogen and oxygen atoms in total. The van der Waals surface area contributed by atoms with Gasteiger partial charge in [-0.2, -0.15) is 0 Å². The van der Waals surface area contributed by atoms with Crippen molar-refractivity contribution in [3.05, 3.63) is 48.1 Å². The summed E-state index contributed by atoms with van der Waals surface area (Å²) in [6, 6.07) is 5.31. The molecule has 0 bridgehead atoms. The zero-order chi connectivity index (χ0) is 28.1. The molecule has 4 aromatic rings. The Bertz CT molecular complexity index is 1420. The molecule has 1 unspecified atom stereocenters. The number of hydrogen-bond donors (Lipinski definition) is 1. The highest BCUT2D eigenvalue weighted by molar-refractivity contribution is 6.32. The minimum atomic E-state index is -2.66. The molecule has 0 aliphatic heterocycles. The molecule has 15 heteroatoms. The van der Waals surface area contributed by atoms with Crippen molar-refractivity contribution in [3.8, 4) is 22.8 Å². The lowest BCUT2D eigenvalue weighted by atomic mass is 9.95. The number of halogens is 3. The Balaban J connectivity index is 1.29. The molecule has 40 heavy (non-hydrogen) atoms. The van der Waals surface area contributed by atoms with Crippen molar-refractivity contribution in [2.75, 3.05) is 11.9 Å². The lowest BCUT2D eigenvalue weighted by molar-refractivity contribution is -0.120. The number of carbonyl (C=O) groups excluding carboxylic acids is 1. The van der Waals surface area contributed by atoms with E-state index in [0.29, 0.717) is 54.3 Å². The summed E-state index contributed by atoms with van der Waals surface area (Å²) in [6.45, 7) is 1.52. The lowest BCUT2D eigenvalue weighted by Crippen LogP contribution is -2.20. The number of nitrogens with zero attached hydrogens (tertiary/aromatic N) is 8. The molecule has 5 rings (SSSR count). The Kier molecular flexibility index (Phi) is 8.43. The number of Topliss-reactive ketones (excluding diaryl/α,β-unsaturated/α-hetero) is 1. The number of rotatable bonds is 11. The Morgan fingerprint density at radius 2 is 1.95 bits per heavy atom. The average Bonchev–Trinajstić information content (AvgIpc) is 3.59. The Hall–Kier alpha value is -4.20. The predicted molar refractivity (Wildman–Crippen MR) is 140 cm³/mol. The van der Waals surface area contributed by atoms with Gasteiger partial charge in [0.05, 0.1) is 23.8 Å². The smallest absolute Gasteiger partial charge is 0.272 e. The maximum atomic E-state index is 12.8. The van der Waals surface area contributed by atoms with Crippen LogP contribution in [0.25, 0.3) is 11.1 Å². The molecule has 0 radical (unpaired) electrons. The maximum Gasteiger partial charge on any atom is 0.272 e. The second-order valence-electron chi connectivity index (χ2n) is 9.33. The number of alkyl halides is 2. The van der Waals surface area contributed by atoms with E-state index in [2.05, 4.69) is 35.9 Å². The number of tetrazole rings is 1. The molecule has 0 spiro atoms. The molecule has 1 fully saturated rings. The third kappa shape index (κ3) is 6.86. The van der Waals surface area contributed by atoms with Gasteiger partial charge in [-0.25, -0.2) is 23.4 Å². The molecule has 3 aromatic heterocycles. The van der Waals surface area contributed by atoms with E-state index in [1.165, 1.54) is 6.33 Å². The molecule has 1 aliphatic carbocycles. The van der Waals surface area contributed by atoms with Crippen molar-refractivity contribution in [1.82, 2.24) is 40.0 Å². The SMILES string of the molecule is CC(Cn1cnnn1)Oc1cc(-c2cnc(Nc3cn(C4CCC(=O)CC4)nc3OCC(F)F)nc2)ccc1Cl. The zero-order valence-corrected chi connectivity index (χ0v) is 22.2. The van der Waals surface area contributed by atoms with Gasteiger partial charge in [0, 0.05) is 30.8 Å². The molecule has 1 aliphatic rings. The normalized spacial score (nSPS) is 14.9. The third-order valence-corrected chi connectivity index (χ3v) is 6.57. The van der Waals surface area contributed by atoms with E-state index in [1.807, 2.05) is 13.0 Å². The van der Waals surface area contributed by atoms with Crippen LogP contribution in [0.4, 0.5) is 20.4 Å². The molecule has 210 valence electrons.